The van der Waals surface area contributed by atoms with Crippen molar-refractivity contribution in [3.8, 4) is 0 Å². The molecule has 0 radical (unpaired) electrons. The lowest BCUT2D eigenvalue weighted by Gasteiger charge is -2.11. The Hall–Kier alpha value is -0.370. The van der Waals surface area contributed by atoms with Crippen molar-refractivity contribution in [3.63, 3.8) is 0 Å². The maximum atomic E-state index is 10.7. The molecule has 1 aliphatic heterocycles. The topological polar surface area (TPSA) is 26.3 Å². The van der Waals surface area contributed by atoms with E-state index in [0.717, 1.165) is 25.9 Å². The molecule has 2 unspecified atom stereocenters. The second-order valence-electron chi connectivity index (χ2n) is 3.37. The Morgan fingerprint density at radius 1 is 1.64 bits per heavy atom. The summed E-state index contributed by atoms with van der Waals surface area (Å²) in [7, 11) is 0. The summed E-state index contributed by atoms with van der Waals surface area (Å²) in [5.74, 6) is 0.919. The summed E-state index contributed by atoms with van der Waals surface area (Å²) in [5.41, 5.74) is 0. The molecule has 0 bridgehead atoms. The molecule has 64 valence electrons. The second kappa shape index (κ2) is 3.86. The van der Waals surface area contributed by atoms with Gasteiger partial charge in [-0.1, -0.05) is 0 Å². The van der Waals surface area contributed by atoms with Crippen molar-refractivity contribution >= 4 is 5.78 Å². The Morgan fingerprint density at radius 3 is 2.82 bits per heavy atom. The van der Waals surface area contributed by atoms with E-state index >= 15 is 0 Å². The van der Waals surface area contributed by atoms with Crippen molar-refractivity contribution in [3.05, 3.63) is 0 Å². The molecule has 1 aliphatic rings. The molecule has 1 fully saturated rings. The van der Waals surface area contributed by atoms with Gasteiger partial charge in [0.2, 0.25) is 0 Å². The average molecular weight is 156 g/mol. The van der Waals surface area contributed by atoms with Gasteiger partial charge >= 0.3 is 0 Å². The fraction of sp³-hybridized carbons (Fsp3) is 0.889. The number of carbonyl (C=O) groups is 1. The van der Waals surface area contributed by atoms with Crippen LogP contribution in [0, 0.1) is 5.92 Å². The molecule has 11 heavy (non-hydrogen) atoms. The van der Waals surface area contributed by atoms with Gasteiger partial charge in [0.1, 0.15) is 5.78 Å². The summed E-state index contributed by atoms with van der Waals surface area (Å²) >= 11 is 0. The molecular weight excluding hydrogens is 140 g/mol. The number of hydrogen-bond donors (Lipinski definition) is 0. The molecular formula is C9H16O2. The Morgan fingerprint density at radius 2 is 2.36 bits per heavy atom. The van der Waals surface area contributed by atoms with Crippen LogP contribution in [0.5, 0.6) is 0 Å². The summed E-state index contributed by atoms with van der Waals surface area (Å²) in [4.78, 5) is 10.7. The standard InChI is InChI=1S/C9H16O2/c1-7(10)3-4-9-5-6-11-8(9)2/h8-9H,3-6H2,1-2H3. The van der Waals surface area contributed by atoms with Crippen LogP contribution >= 0.6 is 0 Å². The van der Waals surface area contributed by atoms with Crippen molar-refractivity contribution in [2.45, 2.75) is 39.2 Å². The van der Waals surface area contributed by atoms with E-state index in [0.29, 0.717) is 17.8 Å². The first kappa shape index (κ1) is 8.72. The zero-order valence-corrected chi connectivity index (χ0v) is 7.30. The Kier molecular flexibility index (Phi) is 3.06. The van der Waals surface area contributed by atoms with E-state index in [1.54, 1.807) is 6.92 Å². The van der Waals surface area contributed by atoms with Gasteiger partial charge in [0, 0.05) is 13.0 Å². The molecule has 0 aliphatic carbocycles. The van der Waals surface area contributed by atoms with Crippen LogP contribution < -0.4 is 0 Å². The molecule has 0 N–H and O–H groups in total. The van der Waals surface area contributed by atoms with Crippen LogP contribution in [0.2, 0.25) is 0 Å². The highest BCUT2D eigenvalue weighted by Gasteiger charge is 2.23. The highest BCUT2D eigenvalue weighted by Crippen LogP contribution is 2.24. The number of carbonyl (C=O) groups excluding carboxylic acids is 1. The van der Waals surface area contributed by atoms with Crippen LogP contribution in [-0.4, -0.2) is 18.5 Å². The summed E-state index contributed by atoms with van der Waals surface area (Å²) in [6.07, 6.45) is 3.23. The van der Waals surface area contributed by atoms with E-state index in [9.17, 15) is 4.79 Å². The van der Waals surface area contributed by atoms with Crippen molar-refractivity contribution in [2.75, 3.05) is 6.61 Å². The van der Waals surface area contributed by atoms with E-state index < -0.39 is 0 Å². The lowest BCUT2D eigenvalue weighted by Crippen LogP contribution is -2.12. The van der Waals surface area contributed by atoms with Gasteiger partial charge in [-0.15, -0.1) is 0 Å². The van der Waals surface area contributed by atoms with Gasteiger partial charge in [-0.3, -0.25) is 0 Å². The molecule has 0 aromatic carbocycles. The van der Waals surface area contributed by atoms with E-state index in [1.807, 2.05) is 0 Å². The van der Waals surface area contributed by atoms with E-state index in [-0.39, 0.29) is 0 Å². The fourth-order valence-corrected chi connectivity index (χ4v) is 1.54. The van der Waals surface area contributed by atoms with Gasteiger partial charge in [0.05, 0.1) is 6.10 Å². The average Bonchev–Trinajstić information content (AvgIpc) is 2.31. The van der Waals surface area contributed by atoms with E-state index in [4.69, 9.17) is 4.74 Å². The molecule has 0 aromatic heterocycles. The molecule has 1 heterocycles. The van der Waals surface area contributed by atoms with Gasteiger partial charge in [-0.2, -0.15) is 0 Å². The minimum Gasteiger partial charge on any atom is -0.378 e. The van der Waals surface area contributed by atoms with E-state index in [1.165, 1.54) is 0 Å². The Bertz CT molecular complexity index is 142. The number of ketones is 1. The Balaban J connectivity index is 2.20. The van der Waals surface area contributed by atoms with Crippen LogP contribution in [0.25, 0.3) is 0 Å². The van der Waals surface area contributed by atoms with Crippen LogP contribution in [0.1, 0.15) is 33.1 Å². The normalized spacial score (nSPS) is 30.7. The van der Waals surface area contributed by atoms with Gasteiger partial charge < -0.3 is 9.53 Å². The first-order valence-electron chi connectivity index (χ1n) is 4.31. The molecule has 0 spiro atoms. The maximum absolute atomic E-state index is 10.7. The summed E-state index contributed by atoms with van der Waals surface area (Å²) in [5, 5.41) is 0. The van der Waals surface area contributed by atoms with Crippen LogP contribution in [-0.2, 0) is 9.53 Å². The van der Waals surface area contributed by atoms with Gasteiger partial charge in [-0.05, 0) is 32.6 Å². The molecule has 0 aromatic rings. The fourth-order valence-electron chi connectivity index (χ4n) is 1.54. The molecule has 2 nitrogen and oxygen atoms in total. The SMILES string of the molecule is CC(=O)CCC1CCOC1C. The first-order chi connectivity index (χ1) is 5.20. The monoisotopic (exact) mass is 156 g/mol. The third kappa shape index (κ3) is 2.62. The van der Waals surface area contributed by atoms with Crippen LogP contribution in [0.4, 0.5) is 0 Å². The van der Waals surface area contributed by atoms with Gasteiger partial charge in [0.25, 0.3) is 0 Å². The van der Waals surface area contributed by atoms with Gasteiger partial charge in [0.15, 0.2) is 0 Å². The zero-order chi connectivity index (χ0) is 8.27. The highest BCUT2D eigenvalue weighted by molar-refractivity contribution is 5.75. The van der Waals surface area contributed by atoms with Crippen molar-refractivity contribution in [1.82, 2.24) is 0 Å². The number of rotatable bonds is 3. The molecule has 2 heteroatoms. The van der Waals surface area contributed by atoms with Gasteiger partial charge in [-0.25, -0.2) is 0 Å². The van der Waals surface area contributed by atoms with Crippen molar-refractivity contribution in [1.29, 1.82) is 0 Å². The lowest BCUT2D eigenvalue weighted by molar-refractivity contribution is -0.117. The Labute approximate surface area is 67.9 Å². The minimum atomic E-state index is 0.295. The predicted octanol–water partition coefficient (Wildman–Crippen LogP) is 1.78. The third-order valence-corrected chi connectivity index (χ3v) is 2.40. The summed E-state index contributed by atoms with van der Waals surface area (Å²) < 4.78 is 5.39. The molecule has 1 saturated heterocycles. The van der Waals surface area contributed by atoms with Crippen LogP contribution in [0.15, 0.2) is 0 Å². The number of Topliss-reactive ketones (excluding diaryl/α,β-unsaturated/α-hetero) is 1. The van der Waals surface area contributed by atoms with Crippen molar-refractivity contribution in [2.24, 2.45) is 5.92 Å². The predicted molar refractivity (Wildman–Crippen MR) is 43.4 cm³/mol. The second-order valence-corrected chi connectivity index (χ2v) is 3.37. The lowest BCUT2D eigenvalue weighted by atomic mass is 9.96. The summed E-state index contributed by atoms with van der Waals surface area (Å²) in [6.45, 7) is 4.63. The third-order valence-electron chi connectivity index (χ3n) is 2.40. The maximum Gasteiger partial charge on any atom is 0.129 e. The first-order valence-corrected chi connectivity index (χ1v) is 4.31. The summed E-state index contributed by atoms with van der Waals surface area (Å²) in [6, 6.07) is 0. The largest absolute Gasteiger partial charge is 0.378 e. The van der Waals surface area contributed by atoms with Crippen LogP contribution in [0.3, 0.4) is 0 Å². The molecule has 1 rings (SSSR count). The van der Waals surface area contributed by atoms with Crippen molar-refractivity contribution < 1.29 is 9.53 Å². The quantitative estimate of drug-likeness (QED) is 0.622. The van der Waals surface area contributed by atoms with E-state index in [2.05, 4.69) is 6.92 Å². The smallest absolute Gasteiger partial charge is 0.129 e. The number of hydrogen-bond acceptors (Lipinski definition) is 2. The number of ether oxygens (including phenoxy) is 1. The zero-order valence-electron chi connectivity index (χ0n) is 7.30. The molecule has 2 atom stereocenters. The minimum absolute atomic E-state index is 0.295. The molecule has 0 amide bonds. The molecule has 0 saturated carbocycles. The highest BCUT2D eigenvalue weighted by atomic mass is 16.5.